The number of hydrogen-bond acceptors (Lipinski definition) is 2. The number of cyclic esters (lactones) is 1. The van der Waals surface area contributed by atoms with Crippen LogP contribution < -0.4 is 0 Å². The molecule has 0 aromatic heterocycles. The second-order valence-electron chi connectivity index (χ2n) is 6.27. The molecule has 20 heavy (non-hydrogen) atoms. The number of unbranched alkanes of at least 4 members (excludes halogenated alkanes) is 3. The van der Waals surface area contributed by atoms with Gasteiger partial charge in [-0.15, -0.1) is 0 Å². The first-order valence-electron chi connectivity index (χ1n) is 8.52. The zero-order valence-electron chi connectivity index (χ0n) is 13.8. The minimum absolute atomic E-state index is 0.0730. The molecule has 0 aliphatic carbocycles. The average molecular weight is 387 g/mol. The summed E-state index contributed by atoms with van der Waals surface area (Å²) in [5, 5.41) is 0. The number of hydrogen-bond donors (Lipinski definition) is 0. The Kier molecular flexibility index (Phi) is 8.23. The van der Waals surface area contributed by atoms with Crippen LogP contribution in [0, 0.1) is 0 Å². The van der Waals surface area contributed by atoms with Crippen molar-refractivity contribution in [1.82, 2.24) is 0 Å². The maximum absolute atomic E-state index is 11.7. The van der Waals surface area contributed by atoms with Crippen LogP contribution in [0.2, 0.25) is 13.3 Å². The van der Waals surface area contributed by atoms with Crippen LogP contribution in [0.5, 0.6) is 0 Å². The molecule has 0 N–H and O–H groups in total. The van der Waals surface area contributed by atoms with Gasteiger partial charge in [-0.05, 0) is 0 Å². The minimum atomic E-state index is -2.39. The van der Waals surface area contributed by atoms with E-state index >= 15 is 0 Å². The summed E-state index contributed by atoms with van der Waals surface area (Å²) in [7, 11) is 0. The Morgan fingerprint density at radius 3 is 1.75 bits per heavy atom. The third-order valence-corrected chi connectivity index (χ3v) is 20.9. The third kappa shape index (κ3) is 4.78. The van der Waals surface area contributed by atoms with Crippen molar-refractivity contribution in [3.63, 3.8) is 0 Å². The van der Waals surface area contributed by atoms with Crippen LogP contribution >= 0.6 is 0 Å². The van der Waals surface area contributed by atoms with Crippen molar-refractivity contribution < 1.29 is 9.53 Å². The Balaban J connectivity index is 2.99. The van der Waals surface area contributed by atoms with E-state index in [0.29, 0.717) is 0 Å². The molecule has 0 unspecified atom stereocenters. The summed E-state index contributed by atoms with van der Waals surface area (Å²) in [6.45, 7) is 8.94. The second kappa shape index (κ2) is 9.11. The van der Waals surface area contributed by atoms with E-state index < -0.39 is 18.4 Å². The summed E-state index contributed by atoms with van der Waals surface area (Å²) >= 11 is -2.39. The van der Waals surface area contributed by atoms with Gasteiger partial charge in [-0.2, -0.15) is 0 Å². The van der Waals surface area contributed by atoms with Gasteiger partial charge in [-0.3, -0.25) is 0 Å². The first-order valence-corrected chi connectivity index (χ1v) is 16.0. The molecule has 1 aliphatic rings. The quantitative estimate of drug-likeness (QED) is 0.378. The molecule has 0 fully saturated rings. The van der Waals surface area contributed by atoms with Gasteiger partial charge in [0.05, 0.1) is 0 Å². The molecule has 0 radical (unpaired) electrons. The van der Waals surface area contributed by atoms with Crippen molar-refractivity contribution in [2.75, 3.05) is 0 Å². The molecule has 3 heteroatoms. The molecule has 0 bridgehead atoms. The van der Waals surface area contributed by atoms with Crippen molar-refractivity contribution in [3.8, 4) is 0 Å². The van der Waals surface area contributed by atoms with Crippen molar-refractivity contribution in [2.24, 2.45) is 0 Å². The van der Waals surface area contributed by atoms with Gasteiger partial charge >= 0.3 is 129 Å². The first kappa shape index (κ1) is 18.1. The van der Waals surface area contributed by atoms with Gasteiger partial charge in [-0.1, -0.05) is 0 Å². The molecule has 0 amide bonds. The van der Waals surface area contributed by atoms with E-state index in [9.17, 15) is 4.79 Å². The van der Waals surface area contributed by atoms with Crippen LogP contribution in [0.4, 0.5) is 0 Å². The SMILES string of the molecule is CCC[CH2][Sn]([CH2]CCC)([CH2]CCC)[C]1=CC(=O)O[C@H]1C. The van der Waals surface area contributed by atoms with Gasteiger partial charge in [0.2, 0.25) is 0 Å². The van der Waals surface area contributed by atoms with E-state index in [1.54, 1.807) is 0 Å². The summed E-state index contributed by atoms with van der Waals surface area (Å²) in [5.74, 6) is -0.0851. The van der Waals surface area contributed by atoms with Gasteiger partial charge in [0, 0.05) is 0 Å². The van der Waals surface area contributed by atoms with E-state index in [2.05, 4.69) is 27.7 Å². The molecule has 0 aromatic carbocycles. The van der Waals surface area contributed by atoms with Crippen molar-refractivity contribution in [3.05, 3.63) is 9.67 Å². The van der Waals surface area contributed by atoms with E-state index in [1.807, 2.05) is 6.08 Å². The van der Waals surface area contributed by atoms with Crippen LogP contribution in [0.1, 0.15) is 66.2 Å². The van der Waals surface area contributed by atoms with Gasteiger partial charge in [0.1, 0.15) is 0 Å². The average Bonchev–Trinajstić information content (AvgIpc) is 2.78. The molecule has 0 saturated heterocycles. The monoisotopic (exact) mass is 388 g/mol. The van der Waals surface area contributed by atoms with Crippen molar-refractivity contribution in [1.29, 1.82) is 0 Å². The van der Waals surface area contributed by atoms with Crippen LogP contribution in [0.15, 0.2) is 9.67 Å². The topological polar surface area (TPSA) is 26.3 Å². The number of carbonyl (C=O) groups excluding carboxylic acids is 1. The Morgan fingerprint density at radius 1 is 1.00 bits per heavy atom. The molecule has 1 rings (SSSR count). The molecular formula is C17H32O2Sn. The third-order valence-electron chi connectivity index (χ3n) is 4.64. The van der Waals surface area contributed by atoms with Crippen LogP contribution in [0.25, 0.3) is 0 Å². The van der Waals surface area contributed by atoms with Gasteiger partial charge in [0.25, 0.3) is 0 Å². The number of esters is 1. The Bertz CT molecular complexity index is 314. The summed E-state index contributed by atoms with van der Waals surface area (Å²) < 4.78 is 11.2. The molecular weight excluding hydrogens is 355 g/mol. The molecule has 0 spiro atoms. The fourth-order valence-corrected chi connectivity index (χ4v) is 20.7. The van der Waals surface area contributed by atoms with Gasteiger partial charge in [0.15, 0.2) is 0 Å². The zero-order chi connectivity index (χ0) is 15.0. The van der Waals surface area contributed by atoms with Crippen LogP contribution in [-0.2, 0) is 9.53 Å². The molecule has 1 heterocycles. The van der Waals surface area contributed by atoms with E-state index in [0.717, 1.165) is 0 Å². The molecule has 1 aliphatic heterocycles. The standard InChI is InChI=1S/C5H5O2.3C4H9.Sn/c1-4-2-3-5(6)7-4;3*1-3-4-2;/h3-4H,1H3;3*1,3-4H2,2H3;/t4-;;;;/m0..../s1. The summed E-state index contributed by atoms with van der Waals surface area (Å²) in [5.41, 5.74) is 0. The van der Waals surface area contributed by atoms with Gasteiger partial charge < -0.3 is 0 Å². The molecule has 2 nitrogen and oxygen atoms in total. The van der Waals surface area contributed by atoms with Crippen molar-refractivity contribution in [2.45, 2.75) is 85.6 Å². The van der Waals surface area contributed by atoms with Crippen LogP contribution in [-0.4, -0.2) is 30.5 Å². The fourth-order valence-electron chi connectivity index (χ4n) is 3.45. The fraction of sp³-hybridized carbons (Fsp3) is 0.824. The van der Waals surface area contributed by atoms with Crippen LogP contribution in [0.3, 0.4) is 0 Å². The van der Waals surface area contributed by atoms with E-state index in [-0.39, 0.29) is 12.1 Å². The molecule has 116 valence electrons. The van der Waals surface area contributed by atoms with Crippen molar-refractivity contribution >= 4 is 24.3 Å². The normalized spacial score (nSPS) is 19.1. The summed E-state index contributed by atoms with van der Waals surface area (Å²) in [4.78, 5) is 11.7. The Morgan fingerprint density at radius 2 is 1.45 bits per heavy atom. The molecule has 1 atom stereocenters. The predicted octanol–water partition coefficient (Wildman–Crippen LogP) is 5.25. The Hall–Kier alpha value is 0.00870. The number of carbonyl (C=O) groups is 1. The Labute approximate surface area is 129 Å². The number of ether oxygens (including phenoxy) is 1. The first-order chi connectivity index (χ1) is 9.59. The predicted molar refractivity (Wildman–Crippen MR) is 88.5 cm³/mol. The molecule has 0 saturated carbocycles. The maximum atomic E-state index is 11.7. The number of rotatable bonds is 10. The van der Waals surface area contributed by atoms with Gasteiger partial charge in [-0.25, -0.2) is 0 Å². The summed E-state index contributed by atoms with van der Waals surface area (Å²) in [6, 6.07) is 0. The van der Waals surface area contributed by atoms with E-state index in [1.165, 1.54) is 55.4 Å². The van der Waals surface area contributed by atoms with E-state index in [4.69, 9.17) is 4.74 Å². The second-order valence-corrected chi connectivity index (χ2v) is 19.5. The molecule has 0 aromatic rings. The zero-order valence-corrected chi connectivity index (χ0v) is 16.7. The summed E-state index contributed by atoms with van der Waals surface area (Å²) in [6.07, 6.45) is 9.78.